The molecular weight excluding hydrogens is 472 g/mol. The van der Waals surface area contributed by atoms with Crippen LogP contribution in [0.4, 0.5) is 5.69 Å². The molecule has 0 heterocycles. The van der Waals surface area contributed by atoms with Crippen molar-refractivity contribution in [2.45, 2.75) is 45.2 Å². The molecule has 0 saturated carbocycles. The van der Waals surface area contributed by atoms with Gasteiger partial charge in [0.05, 0.1) is 19.6 Å². The average molecular weight is 513 g/mol. The van der Waals surface area contributed by atoms with Crippen molar-refractivity contribution in [1.82, 2.24) is 10.2 Å². The van der Waals surface area contributed by atoms with E-state index >= 15 is 0 Å². The van der Waals surface area contributed by atoms with Gasteiger partial charge in [-0.2, -0.15) is 0 Å². The Hall–Kier alpha value is -3.47. The van der Waals surface area contributed by atoms with Gasteiger partial charge in [0.1, 0.15) is 11.8 Å². The topological polar surface area (TPSA) is 166 Å². The molecule has 0 radical (unpaired) electrons. The molecule has 8 N–H and O–H groups in total. The van der Waals surface area contributed by atoms with Crippen LogP contribution in [0.1, 0.15) is 29.5 Å². The van der Waals surface area contributed by atoms with Crippen LogP contribution in [0.3, 0.4) is 0 Å². The summed E-state index contributed by atoms with van der Waals surface area (Å²) in [5.41, 5.74) is 20.6. The second kappa shape index (κ2) is 14.9. The standard InChI is InChI=1S/C27H40N6O4/c1-18-15-21(16-19(2)25(18)37-3)31-27(36)23(10-9-20-7-5-4-6-8-20)32-26(35)22(30)17-24(34)33(13-11-28)14-12-29/h4-8,15-16,22-23H,9-14,17,28-30H2,1-3H3,(H,31,36)(H,32,35). The van der Waals surface area contributed by atoms with E-state index in [2.05, 4.69) is 10.6 Å². The predicted molar refractivity (Wildman–Crippen MR) is 145 cm³/mol. The Kier molecular flexibility index (Phi) is 12.0. The molecule has 2 aromatic rings. The van der Waals surface area contributed by atoms with E-state index in [1.807, 2.05) is 56.3 Å². The Morgan fingerprint density at radius 1 is 0.973 bits per heavy atom. The number of hydrogen-bond acceptors (Lipinski definition) is 7. The number of amides is 3. The minimum atomic E-state index is -1.12. The maximum atomic E-state index is 13.3. The summed E-state index contributed by atoms with van der Waals surface area (Å²) in [5.74, 6) is -0.516. The fraction of sp³-hybridized carbons (Fsp3) is 0.444. The monoisotopic (exact) mass is 512 g/mol. The van der Waals surface area contributed by atoms with E-state index < -0.39 is 18.0 Å². The summed E-state index contributed by atoms with van der Waals surface area (Å²) in [6, 6.07) is 11.3. The molecule has 2 rings (SSSR count). The number of carbonyl (C=O) groups excluding carboxylic acids is 3. The van der Waals surface area contributed by atoms with E-state index in [0.29, 0.717) is 31.6 Å². The highest BCUT2D eigenvalue weighted by molar-refractivity contribution is 5.98. The van der Waals surface area contributed by atoms with Crippen LogP contribution in [0, 0.1) is 13.8 Å². The van der Waals surface area contributed by atoms with E-state index in [-0.39, 0.29) is 31.3 Å². The highest BCUT2D eigenvalue weighted by Gasteiger charge is 2.26. The molecule has 37 heavy (non-hydrogen) atoms. The summed E-state index contributed by atoms with van der Waals surface area (Å²) in [4.78, 5) is 40.3. The summed E-state index contributed by atoms with van der Waals surface area (Å²) in [7, 11) is 1.60. The number of nitrogens with two attached hydrogens (primary N) is 3. The van der Waals surface area contributed by atoms with Gasteiger partial charge in [-0.1, -0.05) is 30.3 Å². The molecule has 2 atom stereocenters. The molecule has 0 fully saturated rings. The van der Waals surface area contributed by atoms with Crippen LogP contribution in [0.2, 0.25) is 0 Å². The van der Waals surface area contributed by atoms with Crippen molar-refractivity contribution in [2.75, 3.05) is 38.6 Å². The Morgan fingerprint density at radius 2 is 1.57 bits per heavy atom. The van der Waals surface area contributed by atoms with Gasteiger partial charge in [0.2, 0.25) is 17.7 Å². The van der Waals surface area contributed by atoms with Gasteiger partial charge in [0.15, 0.2) is 0 Å². The van der Waals surface area contributed by atoms with E-state index in [4.69, 9.17) is 21.9 Å². The summed E-state index contributed by atoms with van der Waals surface area (Å²) in [5, 5.41) is 5.64. The highest BCUT2D eigenvalue weighted by atomic mass is 16.5. The number of rotatable bonds is 14. The Morgan fingerprint density at radius 3 is 2.11 bits per heavy atom. The Balaban J connectivity index is 2.14. The quantitative estimate of drug-likeness (QED) is 0.250. The molecule has 0 saturated heterocycles. The lowest BCUT2D eigenvalue weighted by molar-refractivity contribution is -0.134. The molecule has 10 nitrogen and oxygen atoms in total. The average Bonchev–Trinajstić information content (AvgIpc) is 2.86. The molecular formula is C27H40N6O4. The lowest BCUT2D eigenvalue weighted by Crippen LogP contribution is -2.52. The first-order valence-corrected chi connectivity index (χ1v) is 12.4. The zero-order valence-electron chi connectivity index (χ0n) is 22.0. The van der Waals surface area contributed by atoms with E-state index in [1.165, 1.54) is 4.90 Å². The van der Waals surface area contributed by atoms with Gasteiger partial charge in [-0.05, 0) is 55.5 Å². The normalized spacial score (nSPS) is 12.4. The van der Waals surface area contributed by atoms with E-state index in [1.54, 1.807) is 7.11 Å². The first kappa shape index (κ1) is 29.8. The van der Waals surface area contributed by atoms with Gasteiger partial charge < -0.3 is 37.5 Å². The smallest absolute Gasteiger partial charge is 0.246 e. The van der Waals surface area contributed by atoms with Crippen molar-refractivity contribution in [1.29, 1.82) is 0 Å². The summed E-state index contributed by atoms with van der Waals surface area (Å²) >= 11 is 0. The number of carbonyl (C=O) groups is 3. The second-order valence-electron chi connectivity index (χ2n) is 8.99. The van der Waals surface area contributed by atoms with Crippen molar-refractivity contribution in [3.63, 3.8) is 0 Å². The number of nitrogens with zero attached hydrogens (tertiary/aromatic N) is 1. The third-order valence-corrected chi connectivity index (χ3v) is 6.01. The number of ether oxygens (including phenoxy) is 1. The molecule has 202 valence electrons. The highest BCUT2D eigenvalue weighted by Crippen LogP contribution is 2.27. The molecule has 10 heteroatoms. The lowest BCUT2D eigenvalue weighted by atomic mass is 10.0. The Labute approximate surface area is 218 Å². The van der Waals surface area contributed by atoms with Crippen LogP contribution in [-0.4, -0.2) is 68.0 Å². The fourth-order valence-corrected chi connectivity index (χ4v) is 4.16. The van der Waals surface area contributed by atoms with Crippen LogP contribution in [-0.2, 0) is 20.8 Å². The maximum Gasteiger partial charge on any atom is 0.246 e. The van der Waals surface area contributed by atoms with Gasteiger partial charge in [0.25, 0.3) is 0 Å². The van der Waals surface area contributed by atoms with E-state index in [9.17, 15) is 14.4 Å². The number of aryl methyl sites for hydroxylation is 3. The van der Waals surface area contributed by atoms with Crippen molar-refractivity contribution < 1.29 is 19.1 Å². The zero-order chi connectivity index (χ0) is 27.4. The first-order chi connectivity index (χ1) is 17.7. The van der Waals surface area contributed by atoms with Gasteiger partial charge >= 0.3 is 0 Å². The third-order valence-electron chi connectivity index (χ3n) is 6.01. The molecule has 2 unspecified atom stereocenters. The SMILES string of the molecule is COc1c(C)cc(NC(=O)C(CCc2ccccc2)NC(=O)C(N)CC(=O)N(CCN)CCN)cc1C. The second-order valence-corrected chi connectivity index (χ2v) is 8.99. The van der Waals surface area contributed by atoms with E-state index in [0.717, 1.165) is 22.4 Å². The van der Waals surface area contributed by atoms with Crippen LogP contribution in [0.25, 0.3) is 0 Å². The van der Waals surface area contributed by atoms with Gasteiger partial charge in [-0.25, -0.2) is 0 Å². The molecule has 0 spiro atoms. The third kappa shape index (κ3) is 9.16. The summed E-state index contributed by atoms with van der Waals surface area (Å²) < 4.78 is 5.40. The number of benzene rings is 2. The molecule has 0 aliphatic carbocycles. The Bertz CT molecular complexity index is 1020. The van der Waals surface area contributed by atoms with Crippen molar-refractivity contribution >= 4 is 23.4 Å². The maximum absolute atomic E-state index is 13.3. The van der Waals surface area contributed by atoms with Crippen LogP contribution < -0.4 is 32.6 Å². The predicted octanol–water partition coefficient (Wildman–Crippen LogP) is 0.832. The summed E-state index contributed by atoms with van der Waals surface area (Å²) in [6.07, 6.45) is 0.702. The fourth-order valence-electron chi connectivity index (χ4n) is 4.16. The van der Waals surface area contributed by atoms with Gasteiger partial charge in [-0.3, -0.25) is 14.4 Å². The minimum absolute atomic E-state index is 0.213. The first-order valence-electron chi connectivity index (χ1n) is 12.4. The number of anilines is 1. The molecule has 0 bridgehead atoms. The number of methoxy groups -OCH3 is 1. The van der Waals surface area contributed by atoms with Crippen LogP contribution in [0.15, 0.2) is 42.5 Å². The van der Waals surface area contributed by atoms with Crippen molar-refractivity contribution in [3.8, 4) is 5.75 Å². The van der Waals surface area contributed by atoms with Crippen LogP contribution in [0.5, 0.6) is 5.75 Å². The number of hydrogen-bond donors (Lipinski definition) is 5. The number of nitrogens with one attached hydrogen (secondary N) is 2. The van der Waals surface area contributed by atoms with Gasteiger partial charge in [-0.15, -0.1) is 0 Å². The molecule has 0 aliphatic heterocycles. The molecule has 0 aliphatic rings. The van der Waals surface area contributed by atoms with Crippen molar-refractivity contribution in [2.24, 2.45) is 17.2 Å². The molecule has 2 aromatic carbocycles. The molecule has 0 aromatic heterocycles. The van der Waals surface area contributed by atoms with Gasteiger partial charge in [0, 0.05) is 31.9 Å². The van der Waals surface area contributed by atoms with Crippen LogP contribution >= 0.6 is 0 Å². The minimum Gasteiger partial charge on any atom is -0.496 e. The zero-order valence-corrected chi connectivity index (χ0v) is 22.0. The largest absolute Gasteiger partial charge is 0.496 e. The lowest BCUT2D eigenvalue weighted by Gasteiger charge is -2.24. The van der Waals surface area contributed by atoms with Crippen molar-refractivity contribution in [3.05, 3.63) is 59.2 Å². The summed E-state index contributed by atoms with van der Waals surface area (Å²) in [6.45, 7) is 4.99. The molecule has 3 amide bonds.